The molecule has 3 nitrogen and oxygen atoms in total. The summed E-state index contributed by atoms with van der Waals surface area (Å²) in [6, 6.07) is 9.04. The summed E-state index contributed by atoms with van der Waals surface area (Å²) in [5, 5.41) is 3.82. The van der Waals surface area contributed by atoms with Crippen LogP contribution in [-0.2, 0) is 0 Å². The highest BCUT2D eigenvalue weighted by Crippen LogP contribution is 2.26. The first kappa shape index (κ1) is 19.3. The molecule has 0 aromatic heterocycles. The van der Waals surface area contributed by atoms with E-state index in [-0.39, 0.29) is 0 Å². The van der Waals surface area contributed by atoms with Crippen LogP contribution in [0.25, 0.3) is 0 Å². The Morgan fingerprint density at radius 2 is 1.96 bits per heavy atom. The summed E-state index contributed by atoms with van der Waals surface area (Å²) in [7, 11) is 0. The summed E-state index contributed by atoms with van der Waals surface area (Å²) in [5.74, 6) is 2.22. The standard InChI is InChI=1S/C21H36N2O/c1-6-13-23-15-18(22-21(23)17(4)5)10-9-14-24-20-12-8-7-11-19(20)16(2)3/h7-8,11-12,16-18,21-22H,6,9-10,13-15H2,1-5H3. The molecule has 1 aliphatic rings. The Balaban J connectivity index is 1.77. The molecule has 136 valence electrons. The van der Waals surface area contributed by atoms with Crippen molar-refractivity contribution < 1.29 is 4.74 Å². The Kier molecular flexibility index (Phi) is 7.57. The first-order chi connectivity index (χ1) is 11.5. The lowest BCUT2D eigenvalue weighted by atomic mass is 10.0. The van der Waals surface area contributed by atoms with Gasteiger partial charge in [0.2, 0.25) is 0 Å². The van der Waals surface area contributed by atoms with E-state index in [0.717, 1.165) is 18.8 Å². The lowest BCUT2D eigenvalue weighted by Crippen LogP contribution is -2.41. The number of ether oxygens (including phenoxy) is 1. The smallest absolute Gasteiger partial charge is 0.122 e. The van der Waals surface area contributed by atoms with E-state index in [2.05, 4.69) is 69.1 Å². The largest absolute Gasteiger partial charge is 0.493 e. The van der Waals surface area contributed by atoms with Crippen molar-refractivity contribution in [2.75, 3.05) is 19.7 Å². The van der Waals surface area contributed by atoms with Gasteiger partial charge in [-0.05, 0) is 49.3 Å². The second kappa shape index (κ2) is 9.43. The molecule has 24 heavy (non-hydrogen) atoms. The van der Waals surface area contributed by atoms with E-state index < -0.39 is 0 Å². The Labute approximate surface area is 148 Å². The third-order valence-corrected chi connectivity index (χ3v) is 4.89. The monoisotopic (exact) mass is 332 g/mol. The maximum absolute atomic E-state index is 6.07. The van der Waals surface area contributed by atoms with Gasteiger partial charge >= 0.3 is 0 Å². The molecule has 1 heterocycles. The number of hydrogen-bond acceptors (Lipinski definition) is 3. The van der Waals surface area contributed by atoms with Crippen molar-refractivity contribution in [2.45, 2.75) is 72.0 Å². The second-order valence-electron chi connectivity index (χ2n) is 7.73. The summed E-state index contributed by atoms with van der Waals surface area (Å²) < 4.78 is 6.07. The molecule has 1 aliphatic heterocycles. The van der Waals surface area contributed by atoms with E-state index >= 15 is 0 Å². The number of benzene rings is 1. The summed E-state index contributed by atoms with van der Waals surface area (Å²) >= 11 is 0. The number of nitrogens with one attached hydrogen (secondary N) is 1. The molecule has 1 fully saturated rings. The van der Waals surface area contributed by atoms with Crippen LogP contribution in [0.5, 0.6) is 5.75 Å². The molecule has 1 aromatic carbocycles. The van der Waals surface area contributed by atoms with Crippen molar-refractivity contribution in [1.82, 2.24) is 10.2 Å². The molecule has 0 saturated carbocycles. The van der Waals surface area contributed by atoms with Gasteiger partial charge in [-0.1, -0.05) is 52.8 Å². The average molecular weight is 333 g/mol. The molecule has 2 rings (SSSR count). The molecule has 3 heteroatoms. The van der Waals surface area contributed by atoms with E-state index in [1.54, 1.807) is 0 Å². The van der Waals surface area contributed by atoms with Gasteiger partial charge in [-0.25, -0.2) is 0 Å². The molecular weight excluding hydrogens is 296 g/mol. The highest BCUT2D eigenvalue weighted by Gasteiger charge is 2.31. The second-order valence-corrected chi connectivity index (χ2v) is 7.73. The zero-order chi connectivity index (χ0) is 17.5. The molecule has 0 amide bonds. The van der Waals surface area contributed by atoms with Crippen LogP contribution >= 0.6 is 0 Å². The van der Waals surface area contributed by atoms with Crippen LogP contribution < -0.4 is 10.1 Å². The van der Waals surface area contributed by atoms with Crippen molar-refractivity contribution in [3.8, 4) is 5.75 Å². The predicted molar refractivity (Wildman–Crippen MR) is 103 cm³/mol. The fourth-order valence-electron chi connectivity index (χ4n) is 3.70. The molecule has 2 unspecified atom stereocenters. The Morgan fingerprint density at radius 1 is 1.21 bits per heavy atom. The minimum absolute atomic E-state index is 0.507. The fraction of sp³-hybridized carbons (Fsp3) is 0.714. The van der Waals surface area contributed by atoms with Gasteiger partial charge in [0.15, 0.2) is 0 Å². The number of nitrogens with zero attached hydrogens (tertiary/aromatic N) is 1. The van der Waals surface area contributed by atoms with E-state index in [4.69, 9.17) is 4.74 Å². The average Bonchev–Trinajstić information content (AvgIpc) is 2.95. The summed E-state index contributed by atoms with van der Waals surface area (Å²) in [5.41, 5.74) is 1.31. The summed E-state index contributed by atoms with van der Waals surface area (Å²) in [6.07, 6.45) is 4.06. The summed E-state index contributed by atoms with van der Waals surface area (Å²) in [4.78, 5) is 2.62. The van der Waals surface area contributed by atoms with Gasteiger partial charge in [0.1, 0.15) is 5.75 Å². The van der Waals surface area contributed by atoms with Crippen molar-refractivity contribution in [2.24, 2.45) is 5.92 Å². The fourth-order valence-corrected chi connectivity index (χ4v) is 3.70. The number of rotatable bonds is 9. The normalized spacial score (nSPS) is 21.8. The van der Waals surface area contributed by atoms with Gasteiger partial charge < -0.3 is 4.74 Å². The van der Waals surface area contributed by atoms with Crippen LogP contribution in [0.4, 0.5) is 0 Å². The number of para-hydroxylation sites is 1. The zero-order valence-electron chi connectivity index (χ0n) is 16.2. The molecule has 1 N–H and O–H groups in total. The SMILES string of the molecule is CCCN1CC(CCCOc2ccccc2C(C)C)NC1C(C)C. The van der Waals surface area contributed by atoms with Crippen LogP contribution in [0.2, 0.25) is 0 Å². The predicted octanol–water partition coefficient (Wildman–Crippen LogP) is 4.63. The molecule has 0 bridgehead atoms. The van der Waals surface area contributed by atoms with E-state index in [1.165, 1.54) is 31.5 Å². The molecule has 1 saturated heterocycles. The third kappa shape index (κ3) is 5.22. The van der Waals surface area contributed by atoms with Gasteiger partial charge in [-0.2, -0.15) is 0 Å². The van der Waals surface area contributed by atoms with Crippen LogP contribution in [0.15, 0.2) is 24.3 Å². The Morgan fingerprint density at radius 3 is 2.62 bits per heavy atom. The first-order valence-corrected chi connectivity index (χ1v) is 9.74. The van der Waals surface area contributed by atoms with E-state index in [0.29, 0.717) is 24.0 Å². The van der Waals surface area contributed by atoms with Gasteiger partial charge in [0.25, 0.3) is 0 Å². The lowest BCUT2D eigenvalue weighted by Gasteiger charge is -2.26. The van der Waals surface area contributed by atoms with Gasteiger partial charge in [0, 0.05) is 12.6 Å². The molecular formula is C21H36N2O. The van der Waals surface area contributed by atoms with Gasteiger partial charge in [-0.15, -0.1) is 0 Å². The van der Waals surface area contributed by atoms with Crippen LogP contribution in [0.1, 0.15) is 65.4 Å². The first-order valence-electron chi connectivity index (χ1n) is 9.74. The van der Waals surface area contributed by atoms with Gasteiger partial charge in [-0.3, -0.25) is 10.2 Å². The minimum Gasteiger partial charge on any atom is -0.493 e. The van der Waals surface area contributed by atoms with Crippen LogP contribution in [-0.4, -0.2) is 36.8 Å². The van der Waals surface area contributed by atoms with Crippen molar-refractivity contribution in [3.05, 3.63) is 29.8 Å². The lowest BCUT2D eigenvalue weighted by molar-refractivity contribution is 0.193. The topological polar surface area (TPSA) is 24.5 Å². The molecule has 0 spiro atoms. The highest BCUT2D eigenvalue weighted by molar-refractivity contribution is 5.35. The van der Waals surface area contributed by atoms with E-state index in [1.807, 2.05) is 0 Å². The van der Waals surface area contributed by atoms with Crippen molar-refractivity contribution >= 4 is 0 Å². The Bertz CT molecular complexity index is 486. The zero-order valence-corrected chi connectivity index (χ0v) is 16.2. The van der Waals surface area contributed by atoms with Crippen LogP contribution in [0.3, 0.4) is 0 Å². The van der Waals surface area contributed by atoms with E-state index in [9.17, 15) is 0 Å². The van der Waals surface area contributed by atoms with Crippen molar-refractivity contribution in [1.29, 1.82) is 0 Å². The molecule has 2 atom stereocenters. The molecule has 0 aliphatic carbocycles. The highest BCUT2D eigenvalue weighted by atomic mass is 16.5. The molecule has 0 radical (unpaired) electrons. The maximum Gasteiger partial charge on any atom is 0.122 e. The molecule has 1 aromatic rings. The van der Waals surface area contributed by atoms with Gasteiger partial charge in [0.05, 0.1) is 12.8 Å². The summed E-state index contributed by atoms with van der Waals surface area (Å²) in [6.45, 7) is 14.5. The van der Waals surface area contributed by atoms with Crippen LogP contribution in [0, 0.1) is 5.92 Å². The Hall–Kier alpha value is -1.06. The van der Waals surface area contributed by atoms with Crippen molar-refractivity contribution in [3.63, 3.8) is 0 Å². The third-order valence-electron chi connectivity index (χ3n) is 4.89. The minimum atomic E-state index is 0.507. The maximum atomic E-state index is 6.07. The number of hydrogen-bond donors (Lipinski definition) is 1. The quantitative estimate of drug-likeness (QED) is 0.667.